The summed E-state index contributed by atoms with van der Waals surface area (Å²) in [5.41, 5.74) is 5.89. The number of nitrogen functional groups attached to an aromatic ring is 1. The fraction of sp³-hybridized carbons (Fsp3) is 0.400. The zero-order valence-corrected chi connectivity index (χ0v) is 17.1. The minimum atomic E-state index is -1.41. The number of halogens is 1. The summed E-state index contributed by atoms with van der Waals surface area (Å²) in [5, 5.41) is 17.2. The van der Waals surface area contributed by atoms with Crippen molar-refractivity contribution in [2.45, 2.75) is 24.8 Å². The normalized spacial score (nSPS) is 21.9. The molecule has 0 spiro atoms. The van der Waals surface area contributed by atoms with Crippen LogP contribution in [0.3, 0.4) is 0 Å². The molecule has 0 saturated carbocycles. The van der Waals surface area contributed by atoms with Crippen molar-refractivity contribution >= 4 is 63.3 Å². The second-order valence-corrected chi connectivity index (χ2v) is 8.49. The van der Waals surface area contributed by atoms with Crippen LogP contribution >= 0.6 is 34.7 Å². The number of nitrogens with zero attached hydrogens (tertiary/aromatic N) is 3. The summed E-state index contributed by atoms with van der Waals surface area (Å²) in [7, 11) is 1.24. The van der Waals surface area contributed by atoms with E-state index in [9.17, 15) is 19.5 Å². The molecule has 2 amide bonds. The molecule has 28 heavy (non-hydrogen) atoms. The quantitative estimate of drug-likeness (QED) is 0.340. The third kappa shape index (κ3) is 3.42. The van der Waals surface area contributed by atoms with Gasteiger partial charge in [-0.05, 0) is 12.0 Å². The van der Waals surface area contributed by atoms with E-state index in [0.29, 0.717) is 17.7 Å². The van der Waals surface area contributed by atoms with E-state index in [-0.39, 0.29) is 26.6 Å². The van der Waals surface area contributed by atoms with E-state index in [0.717, 1.165) is 16.2 Å². The molecule has 2 aliphatic heterocycles. The number of nitrogens with one attached hydrogen (secondary N) is 1. The van der Waals surface area contributed by atoms with Crippen LogP contribution in [0.5, 0.6) is 0 Å². The van der Waals surface area contributed by atoms with Crippen LogP contribution in [0, 0.1) is 0 Å². The SMILES string of the molecule is CCC1=C(C(=O)[O-])N2C(=O)[C@@H](NC(=O)/C(=N\OC)c3nc(N)sc3Cl)[C@H]2SC1. The van der Waals surface area contributed by atoms with Gasteiger partial charge in [0.15, 0.2) is 10.8 Å². The fourth-order valence-electron chi connectivity index (χ4n) is 2.90. The van der Waals surface area contributed by atoms with Crippen LogP contribution in [0.15, 0.2) is 16.4 Å². The number of carbonyl (C=O) groups excluding carboxylic acids is 3. The van der Waals surface area contributed by atoms with Crippen molar-refractivity contribution in [3.8, 4) is 0 Å². The van der Waals surface area contributed by atoms with Crippen molar-refractivity contribution in [1.82, 2.24) is 15.2 Å². The zero-order valence-electron chi connectivity index (χ0n) is 14.7. The van der Waals surface area contributed by atoms with Gasteiger partial charge in [0.2, 0.25) is 0 Å². The molecule has 3 N–H and O–H groups in total. The van der Waals surface area contributed by atoms with Crippen LogP contribution < -0.4 is 16.2 Å². The molecule has 0 aromatic carbocycles. The lowest BCUT2D eigenvalue weighted by Crippen LogP contribution is -2.71. The monoisotopic (exact) mass is 444 g/mol. The third-order valence-corrected chi connectivity index (χ3v) is 6.60. The Morgan fingerprint density at radius 1 is 1.54 bits per heavy atom. The van der Waals surface area contributed by atoms with Crippen molar-refractivity contribution in [3.05, 3.63) is 21.3 Å². The highest BCUT2D eigenvalue weighted by Gasteiger charge is 2.53. The van der Waals surface area contributed by atoms with Crippen molar-refractivity contribution in [1.29, 1.82) is 0 Å². The van der Waals surface area contributed by atoms with Crippen LogP contribution in [-0.2, 0) is 19.2 Å². The zero-order chi connectivity index (χ0) is 20.6. The van der Waals surface area contributed by atoms with E-state index in [2.05, 4.69) is 20.3 Å². The van der Waals surface area contributed by atoms with Gasteiger partial charge in [0, 0.05) is 5.75 Å². The van der Waals surface area contributed by atoms with Crippen LogP contribution in [0.2, 0.25) is 4.34 Å². The van der Waals surface area contributed by atoms with Crippen LogP contribution in [0.4, 0.5) is 5.13 Å². The number of rotatable bonds is 6. The highest BCUT2D eigenvalue weighted by Crippen LogP contribution is 2.40. The molecule has 13 heteroatoms. The topological polar surface area (TPSA) is 150 Å². The van der Waals surface area contributed by atoms with E-state index < -0.39 is 29.2 Å². The van der Waals surface area contributed by atoms with Gasteiger partial charge >= 0.3 is 0 Å². The van der Waals surface area contributed by atoms with Crippen molar-refractivity contribution < 1.29 is 24.3 Å². The lowest BCUT2D eigenvalue weighted by atomic mass is 10.0. The van der Waals surface area contributed by atoms with Gasteiger partial charge in [0.05, 0.1) is 11.7 Å². The Morgan fingerprint density at radius 2 is 2.25 bits per heavy atom. The molecular formula is C15H15ClN5O5S2-. The van der Waals surface area contributed by atoms with E-state index in [1.807, 2.05) is 0 Å². The number of nitrogens with two attached hydrogens (primary N) is 1. The number of hydrogen-bond acceptors (Lipinski definition) is 10. The molecule has 10 nitrogen and oxygen atoms in total. The maximum Gasteiger partial charge on any atom is 0.276 e. The van der Waals surface area contributed by atoms with Gasteiger partial charge in [-0.15, -0.1) is 11.8 Å². The Balaban J connectivity index is 1.81. The van der Waals surface area contributed by atoms with E-state index in [4.69, 9.17) is 17.3 Å². The number of carboxylic acid groups (broad SMARTS) is 1. The number of hydrogen-bond donors (Lipinski definition) is 2. The Hall–Kier alpha value is -2.31. The number of aromatic nitrogens is 1. The Bertz CT molecular complexity index is 915. The van der Waals surface area contributed by atoms with Crippen LogP contribution in [-0.4, -0.2) is 57.7 Å². The molecule has 1 aromatic heterocycles. The molecule has 2 aliphatic rings. The van der Waals surface area contributed by atoms with Crippen molar-refractivity contribution in [2.75, 3.05) is 18.6 Å². The molecule has 0 bridgehead atoms. The molecule has 1 aromatic rings. The van der Waals surface area contributed by atoms with Gasteiger partial charge in [0.1, 0.15) is 28.6 Å². The minimum absolute atomic E-state index is 0.0343. The largest absolute Gasteiger partial charge is 0.543 e. The van der Waals surface area contributed by atoms with Crippen LogP contribution in [0.1, 0.15) is 19.0 Å². The summed E-state index contributed by atoms with van der Waals surface area (Å²) in [6.45, 7) is 1.81. The summed E-state index contributed by atoms with van der Waals surface area (Å²) >= 11 is 8.35. The number of oxime groups is 1. The van der Waals surface area contributed by atoms with Gasteiger partial charge in [-0.25, -0.2) is 4.98 Å². The second-order valence-electron chi connectivity index (χ2n) is 5.75. The molecular weight excluding hydrogens is 430 g/mol. The first kappa shape index (κ1) is 20.4. The predicted octanol–water partition coefficient (Wildman–Crippen LogP) is -0.457. The van der Waals surface area contributed by atoms with Crippen molar-refractivity contribution in [3.63, 3.8) is 0 Å². The summed E-state index contributed by atoms with van der Waals surface area (Å²) < 4.78 is 0.145. The molecule has 0 radical (unpaired) electrons. The first-order valence-corrected chi connectivity index (χ1v) is 10.3. The van der Waals surface area contributed by atoms with E-state index in [1.165, 1.54) is 18.9 Å². The van der Waals surface area contributed by atoms with Crippen molar-refractivity contribution in [2.24, 2.45) is 5.16 Å². The Labute approximate surface area is 172 Å². The number of aliphatic carboxylic acids is 1. The maximum absolute atomic E-state index is 12.7. The smallest absolute Gasteiger partial charge is 0.276 e. The number of β-lactam (4-membered cyclic amide) rings is 1. The molecule has 0 unspecified atom stereocenters. The second kappa shape index (κ2) is 7.97. The predicted molar refractivity (Wildman–Crippen MR) is 102 cm³/mol. The van der Waals surface area contributed by atoms with Gasteiger partial charge in [-0.1, -0.05) is 35.0 Å². The van der Waals surface area contributed by atoms with Gasteiger partial charge < -0.3 is 25.8 Å². The minimum Gasteiger partial charge on any atom is -0.543 e. The number of thioether (sulfide) groups is 1. The molecule has 0 aliphatic carbocycles. The Morgan fingerprint density at radius 3 is 2.79 bits per heavy atom. The molecule has 3 rings (SSSR count). The average molecular weight is 445 g/mol. The van der Waals surface area contributed by atoms with E-state index in [1.54, 1.807) is 6.92 Å². The lowest BCUT2D eigenvalue weighted by molar-refractivity contribution is -0.301. The fourth-order valence-corrected chi connectivity index (χ4v) is 5.28. The maximum atomic E-state index is 12.7. The third-order valence-electron chi connectivity index (χ3n) is 4.18. The summed E-state index contributed by atoms with van der Waals surface area (Å²) in [6, 6.07) is -0.929. The highest BCUT2D eigenvalue weighted by atomic mass is 35.5. The number of amides is 2. The number of carboxylic acids is 1. The molecule has 150 valence electrons. The Kier molecular flexibility index (Phi) is 5.82. The number of anilines is 1. The number of thiazole rings is 1. The summed E-state index contributed by atoms with van der Waals surface area (Å²) in [6.07, 6.45) is 0.484. The summed E-state index contributed by atoms with van der Waals surface area (Å²) in [4.78, 5) is 46.5. The van der Waals surface area contributed by atoms with E-state index >= 15 is 0 Å². The average Bonchev–Trinajstić information content (AvgIpc) is 3.00. The van der Waals surface area contributed by atoms with Gasteiger partial charge in [-0.3, -0.25) is 14.5 Å². The first-order chi connectivity index (χ1) is 13.3. The first-order valence-electron chi connectivity index (χ1n) is 8.02. The molecule has 3 heterocycles. The molecule has 1 saturated heterocycles. The number of fused-ring (bicyclic) bond motifs is 1. The molecule has 1 fully saturated rings. The van der Waals surface area contributed by atoms with Gasteiger partial charge in [0.25, 0.3) is 11.8 Å². The van der Waals surface area contributed by atoms with Crippen LogP contribution in [0.25, 0.3) is 0 Å². The standard InChI is InChI=1S/C15H16ClN5O5S2/c1-3-5-4-27-13-8(12(23)21(13)9(5)14(24)25)18-11(22)7(20-26-2)6-10(16)28-15(17)19-6/h8,13H,3-4H2,1-2H3,(H2,17,19)(H,18,22)(H,24,25)/p-1/b20-7-/t8-,13-/m1/s1. The lowest BCUT2D eigenvalue weighted by Gasteiger charge is -2.50. The molecule has 2 atom stereocenters. The highest BCUT2D eigenvalue weighted by molar-refractivity contribution is 8.00. The van der Waals surface area contributed by atoms with Gasteiger partial charge in [-0.2, -0.15) is 0 Å². The summed E-state index contributed by atoms with van der Waals surface area (Å²) in [5.74, 6) is -2.27. The number of carbonyl (C=O) groups is 3.